The largest absolute Gasteiger partial charge is 0.467 e. The number of anilines is 2. The molecule has 0 aliphatic heterocycles. The second-order valence-corrected chi connectivity index (χ2v) is 4.69. The van der Waals surface area contributed by atoms with Crippen LogP contribution >= 0.6 is 11.3 Å². The van der Waals surface area contributed by atoms with Gasteiger partial charge in [0.2, 0.25) is 0 Å². The lowest BCUT2D eigenvalue weighted by molar-refractivity contribution is 0.0940. The maximum Gasteiger partial charge on any atom is 0.265 e. The van der Waals surface area contributed by atoms with Gasteiger partial charge in [0.05, 0.1) is 12.3 Å². The SMILES string of the molecule is CNc1nc(N)c(C(=O)NC(C)c2ccco2)s1. The molecule has 0 aliphatic carbocycles. The van der Waals surface area contributed by atoms with Gasteiger partial charge in [0.15, 0.2) is 5.13 Å². The van der Waals surface area contributed by atoms with Crippen LogP contribution in [0.25, 0.3) is 0 Å². The highest BCUT2D eigenvalue weighted by molar-refractivity contribution is 7.18. The number of carbonyl (C=O) groups is 1. The van der Waals surface area contributed by atoms with Crippen molar-refractivity contribution in [3.8, 4) is 0 Å². The molecule has 2 heterocycles. The fraction of sp³-hybridized carbons (Fsp3) is 0.273. The Morgan fingerprint density at radius 1 is 1.61 bits per heavy atom. The molecule has 0 fully saturated rings. The number of nitrogens with zero attached hydrogens (tertiary/aromatic N) is 1. The van der Waals surface area contributed by atoms with Gasteiger partial charge in [0, 0.05) is 7.05 Å². The van der Waals surface area contributed by atoms with Gasteiger partial charge < -0.3 is 20.8 Å². The molecule has 0 saturated carbocycles. The zero-order valence-corrected chi connectivity index (χ0v) is 10.9. The molecule has 1 unspecified atom stereocenters. The minimum atomic E-state index is -0.254. The smallest absolute Gasteiger partial charge is 0.265 e. The van der Waals surface area contributed by atoms with Crippen LogP contribution in [-0.2, 0) is 0 Å². The molecule has 0 spiro atoms. The predicted molar refractivity (Wildman–Crippen MR) is 70.7 cm³/mol. The number of nitrogens with one attached hydrogen (secondary N) is 2. The Kier molecular flexibility index (Phi) is 3.52. The second-order valence-electron chi connectivity index (χ2n) is 3.69. The molecule has 1 amide bonds. The molecule has 0 aromatic carbocycles. The molecule has 7 heteroatoms. The van der Waals surface area contributed by atoms with Crippen LogP contribution < -0.4 is 16.4 Å². The van der Waals surface area contributed by atoms with Gasteiger partial charge in [-0.3, -0.25) is 4.79 Å². The normalized spacial score (nSPS) is 12.1. The van der Waals surface area contributed by atoms with E-state index in [2.05, 4.69) is 15.6 Å². The maximum atomic E-state index is 12.0. The zero-order valence-electron chi connectivity index (χ0n) is 10.1. The van der Waals surface area contributed by atoms with Crippen molar-refractivity contribution in [3.63, 3.8) is 0 Å². The summed E-state index contributed by atoms with van der Waals surface area (Å²) in [5.41, 5.74) is 5.69. The zero-order chi connectivity index (χ0) is 13.1. The summed E-state index contributed by atoms with van der Waals surface area (Å²) in [5.74, 6) is 0.671. The highest BCUT2D eigenvalue weighted by Crippen LogP contribution is 2.25. The summed E-state index contributed by atoms with van der Waals surface area (Å²) in [7, 11) is 1.73. The summed E-state index contributed by atoms with van der Waals surface area (Å²) < 4.78 is 5.22. The Morgan fingerprint density at radius 2 is 2.39 bits per heavy atom. The van der Waals surface area contributed by atoms with E-state index >= 15 is 0 Å². The van der Waals surface area contributed by atoms with Crippen LogP contribution in [0.4, 0.5) is 10.9 Å². The minimum absolute atomic E-state index is 0.216. The van der Waals surface area contributed by atoms with Crippen molar-refractivity contribution in [2.24, 2.45) is 0 Å². The quantitative estimate of drug-likeness (QED) is 0.785. The van der Waals surface area contributed by atoms with Crippen LogP contribution in [0, 0.1) is 0 Å². The third kappa shape index (κ3) is 2.45. The summed E-state index contributed by atoms with van der Waals surface area (Å²) in [6.45, 7) is 1.84. The number of carbonyl (C=O) groups excluding carboxylic acids is 1. The second kappa shape index (κ2) is 5.09. The van der Waals surface area contributed by atoms with Crippen molar-refractivity contribution >= 4 is 28.2 Å². The van der Waals surface area contributed by atoms with E-state index in [1.54, 1.807) is 25.4 Å². The van der Waals surface area contributed by atoms with Crippen LogP contribution in [0.1, 0.15) is 28.4 Å². The number of hydrogen-bond donors (Lipinski definition) is 3. The molecule has 2 aromatic rings. The van der Waals surface area contributed by atoms with Gasteiger partial charge in [0.25, 0.3) is 5.91 Å². The maximum absolute atomic E-state index is 12.0. The van der Waals surface area contributed by atoms with Gasteiger partial charge >= 0.3 is 0 Å². The van der Waals surface area contributed by atoms with Crippen molar-refractivity contribution < 1.29 is 9.21 Å². The minimum Gasteiger partial charge on any atom is -0.467 e. The summed E-state index contributed by atoms with van der Waals surface area (Å²) >= 11 is 1.22. The van der Waals surface area contributed by atoms with Crippen molar-refractivity contribution in [2.75, 3.05) is 18.1 Å². The van der Waals surface area contributed by atoms with E-state index in [4.69, 9.17) is 10.2 Å². The standard InChI is InChI=1S/C11H14N4O2S/c1-6(7-4-3-5-17-7)14-10(16)8-9(12)15-11(13-2)18-8/h3-6H,12H2,1-2H3,(H,13,15)(H,14,16). The van der Waals surface area contributed by atoms with Gasteiger partial charge in [-0.15, -0.1) is 0 Å². The lowest BCUT2D eigenvalue weighted by Crippen LogP contribution is -2.26. The third-order valence-corrected chi connectivity index (χ3v) is 3.48. The Bertz CT molecular complexity index is 535. The molecule has 0 aliphatic rings. The molecule has 0 saturated heterocycles. The number of thiazole rings is 1. The van der Waals surface area contributed by atoms with Crippen LogP contribution in [0.2, 0.25) is 0 Å². The Labute approximate surface area is 108 Å². The van der Waals surface area contributed by atoms with Gasteiger partial charge in [-0.25, -0.2) is 4.98 Å². The van der Waals surface area contributed by atoms with Crippen LogP contribution in [0.15, 0.2) is 22.8 Å². The van der Waals surface area contributed by atoms with E-state index in [0.717, 1.165) is 0 Å². The first-order valence-corrected chi connectivity index (χ1v) is 6.21. The fourth-order valence-corrected chi connectivity index (χ4v) is 2.21. The van der Waals surface area contributed by atoms with Crippen LogP contribution in [-0.4, -0.2) is 17.9 Å². The average molecular weight is 266 g/mol. The number of nitrogen functional groups attached to an aromatic ring is 1. The molecular formula is C11H14N4O2S. The Hall–Kier alpha value is -2.02. The van der Waals surface area contributed by atoms with E-state index in [0.29, 0.717) is 15.8 Å². The van der Waals surface area contributed by atoms with E-state index in [9.17, 15) is 4.79 Å². The molecule has 96 valence electrons. The van der Waals surface area contributed by atoms with E-state index < -0.39 is 0 Å². The van der Waals surface area contributed by atoms with E-state index in [1.807, 2.05) is 6.92 Å². The van der Waals surface area contributed by atoms with Crippen molar-refractivity contribution in [1.29, 1.82) is 0 Å². The summed E-state index contributed by atoms with van der Waals surface area (Å²) in [6.07, 6.45) is 1.57. The molecule has 2 aromatic heterocycles. The molecule has 6 nitrogen and oxygen atoms in total. The monoisotopic (exact) mass is 266 g/mol. The molecule has 1 atom stereocenters. The number of rotatable bonds is 4. The molecule has 18 heavy (non-hydrogen) atoms. The van der Waals surface area contributed by atoms with Gasteiger partial charge in [0.1, 0.15) is 16.5 Å². The highest BCUT2D eigenvalue weighted by Gasteiger charge is 2.19. The summed E-state index contributed by atoms with van der Waals surface area (Å²) in [4.78, 5) is 16.4. The lowest BCUT2D eigenvalue weighted by Gasteiger charge is -2.10. The van der Waals surface area contributed by atoms with Gasteiger partial charge in [-0.2, -0.15) is 0 Å². The van der Waals surface area contributed by atoms with Gasteiger partial charge in [-0.05, 0) is 19.1 Å². The van der Waals surface area contributed by atoms with Crippen molar-refractivity contribution in [1.82, 2.24) is 10.3 Å². The molecule has 2 rings (SSSR count). The average Bonchev–Trinajstić information content (AvgIpc) is 2.97. The van der Waals surface area contributed by atoms with Crippen LogP contribution in [0.5, 0.6) is 0 Å². The Balaban J connectivity index is 2.09. The van der Waals surface area contributed by atoms with Crippen molar-refractivity contribution in [2.45, 2.75) is 13.0 Å². The van der Waals surface area contributed by atoms with Crippen LogP contribution in [0.3, 0.4) is 0 Å². The highest BCUT2D eigenvalue weighted by atomic mass is 32.1. The van der Waals surface area contributed by atoms with Crippen molar-refractivity contribution in [3.05, 3.63) is 29.0 Å². The van der Waals surface area contributed by atoms with Gasteiger partial charge in [-0.1, -0.05) is 11.3 Å². The number of hydrogen-bond acceptors (Lipinski definition) is 6. The molecule has 4 N–H and O–H groups in total. The summed E-state index contributed by atoms with van der Waals surface area (Å²) in [6, 6.07) is 3.37. The van der Waals surface area contributed by atoms with E-state index in [1.165, 1.54) is 11.3 Å². The summed E-state index contributed by atoms with van der Waals surface area (Å²) in [5, 5.41) is 6.27. The topological polar surface area (TPSA) is 93.2 Å². The predicted octanol–water partition coefficient (Wildman–Crippen LogP) is 1.85. The first kappa shape index (κ1) is 12.4. The first-order valence-electron chi connectivity index (χ1n) is 5.40. The molecular weight excluding hydrogens is 252 g/mol. The Morgan fingerprint density at radius 3 is 2.94 bits per heavy atom. The number of furan rings is 1. The molecule has 0 radical (unpaired) electrons. The molecule has 0 bridgehead atoms. The number of amides is 1. The lowest BCUT2D eigenvalue weighted by atomic mass is 10.2. The van der Waals surface area contributed by atoms with E-state index in [-0.39, 0.29) is 17.8 Å². The number of nitrogens with two attached hydrogens (primary N) is 1. The fourth-order valence-electron chi connectivity index (χ4n) is 1.47. The third-order valence-electron chi connectivity index (χ3n) is 2.39. The first-order chi connectivity index (χ1) is 8.61. The number of aromatic nitrogens is 1.